The summed E-state index contributed by atoms with van der Waals surface area (Å²) in [6.45, 7) is 3.43. The van der Waals surface area contributed by atoms with Crippen LogP contribution in [-0.4, -0.2) is 35.1 Å². The Morgan fingerprint density at radius 1 is 0.833 bits per heavy atom. The molecule has 3 aromatic carbocycles. The first-order valence-corrected chi connectivity index (χ1v) is 11.4. The molecule has 4 aromatic rings. The maximum atomic E-state index is 3.79. The van der Waals surface area contributed by atoms with Crippen LogP contribution in [-0.2, 0) is 6.54 Å². The fourth-order valence-corrected chi connectivity index (χ4v) is 5.74. The van der Waals surface area contributed by atoms with Crippen LogP contribution in [0.25, 0.3) is 32.8 Å². The molecule has 0 spiro atoms. The van der Waals surface area contributed by atoms with Crippen molar-refractivity contribution in [3.63, 3.8) is 0 Å². The highest BCUT2D eigenvalue weighted by Crippen LogP contribution is 2.36. The molecule has 2 atom stereocenters. The molecule has 0 unspecified atom stereocenters. The van der Waals surface area contributed by atoms with E-state index in [0.29, 0.717) is 12.1 Å². The summed E-state index contributed by atoms with van der Waals surface area (Å²) in [5, 5.41) is 8.97. The van der Waals surface area contributed by atoms with Crippen LogP contribution in [0, 0.1) is 0 Å². The van der Waals surface area contributed by atoms with Crippen LogP contribution >= 0.6 is 0 Å². The topological polar surface area (TPSA) is 31.1 Å². The van der Waals surface area contributed by atoms with Gasteiger partial charge in [0.05, 0.1) is 0 Å². The second-order valence-corrected chi connectivity index (χ2v) is 8.97. The number of aromatic amines is 1. The molecule has 152 valence electrons. The van der Waals surface area contributed by atoms with Gasteiger partial charge in [0.2, 0.25) is 0 Å². The van der Waals surface area contributed by atoms with Crippen molar-refractivity contribution in [3.05, 3.63) is 72.4 Å². The first kappa shape index (κ1) is 18.2. The van der Waals surface area contributed by atoms with Gasteiger partial charge in [0, 0.05) is 35.6 Å². The van der Waals surface area contributed by atoms with Gasteiger partial charge >= 0.3 is 0 Å². The molecule has 1 aromatic heterocycles. The van der Waals surface area contributed by atoms with Crippen LogP contribution in [0.4, 0.5) is 0 Å². The molecule has 2 N–H and O–H groups in total. The normalized spacial score (nSPS) is 22.4. The number of nitrogens with zero attached hydrogens (tertiary/aromatic N) is 1. The molecule has 3 nitrogen and oxygen atoms in total. The van der Waals surface area contributed by atoms with Crippen molar-refractivity contribution in [2.24, 2.45) is 0 Å². The minimum Gasteiger partial charge on any atom is -0.357 e. The van der Waals surface area contributed by atoms with E-state index in [-0.39, 0.29) is 0 Å². The Hall–Kier alpha value is -2.62. The van der Waals surface area contributed by atoms with Gasteiger partial charge in [-0.3, -0.25) is 4.90 Å². The van der Waals surface area contributed by atoms with Crippen LogP contribution in [0.15, 0.2) is 66.7 Å². The summed E-state index contributed by atoms with van der Waals surface area (Å²) in [4.78, 5) is 6.48. The molecule has 2 fully saturated rings. The molecule has 0 bridgehead atoms. The highest BCUT2D eigenvalue weighted by atomic mass is 15.2. The lowest BCUT2D eigenvalue weighted by Gasteiger charge is -2.29. The highest BCUT2D eigenvalue weighted by molar-refractivity contribution is 6.12. The Morgan fingerprint density at radius 2 is 1.60 bits per heavy atom. The molecule has 2 aliphatic heterocycles. The third-order valence-corrected chi connectivity index (χ3v) is 7.14. The summed E-state index contributed by atoms with van der Waals surface area (Å²) in [7, 11) is 0. The molecule has 3 heterocycles. The van der Waals surface area contributed by atoms with Crippen LogP contribution in [0.3, 0.4) is 0 Å². The van der Waals surface area contributed by atoms with E-state index in [4.69, 9.17) is 0 Å². The van der Waals surface area contributed by atoms with Gasteiger partial charge in [0.1, 0.15) is 0 Å². The van der Waals surface area contributed by atoms with E-state index in [0.717, 1.165) is 6.54 Å². The van der Waals surface area contributed by atoms with Gasteiger partial charge < -0.3 is 10.3 Å². The van der Waals surface area contributed by atoms with Crippen molar-refractivity contribution in [1.29, 1.82) is 0 Å². The Morgan fingerprint density at radius 3 is 2.33 bits per heavy atom. The number of H-pyrrole nitrogens is 1. The Kier molecular flexibility index (Phi) is 4.59. The van der Waals surface area contributed by atoms with Gasteiger partial charge in [-0.05, 0) is 78.5 Å². The summed E-state index contributed by atoms with van der Waals surface area (Å²) >= 11 is 0. The predicted molar refractivity (Wildman–Crippen MR) is 126 cm³/mol. The molecule has 30 heavy (non-hydrogen) atoms. The summed E-state index contributed by atoms with van der Waals surface area (Å²) in [6.07, 6.45) is 5.32. The van der Waals surface area contributed by atoms with Gasteiger partial charge in [0.15, 0.2) is 0 Å². The number of hydrogen-bond acceptors (Lipinski definition) is 2. The van der Waals surface area contributed by atoms with Crippen LogP contribution in [0.5, 0.6) is 0 Å². The SMILES string of the molecule is c1ccc2c(-c3ccc(CN4CCC[C@H]4[C@@H]4CCCN4)[nH]3)c3ccccc3cc2c1. The average Bonchev–Trinajstić information content (AvgIpc) is 3.54. The second kappa shape index (κ2) is 7.57. The van der Waals surface area contributed by atoms with Gasteiger partial charge in [0.25, 0.3) is 0 Å². The lowest BCUT2D eigenvalue weighted by Crippen LogP contribution is -2.43. The zero-order chi connectivity index (χ0) is 19.9. The van der Waals surface area contributed by atoms with Crippen molar-refractivity contribution < 1.29 is 0 Å². The standard InChI is InChI=1S/C27H29N3/c1-3-9-22-19(7-1)17-20-8-2-4-10-23(20)27(22)25-14-13-21(29-25)18-30-16-6-12-26(30)24-11-5-15-28-24/h1-4,7-10,13-14,17,24,26,28-29H,5-6,11-12,15-16,18H2/t24-,26-/m0/s1. The monoisotopic (exact) mass is 395 g/mol. The van der Waals surface area contributed by atoms with Crippen molar-refractivity contribution >= 4 is 21.5 Å². The fourth-order valence-electron chi connectivity index (χ4n) is 5.74. The Balaban J connectivity index is 1.37. The number of hydrogen-bond donors (Lipinski definition) is 2. The number of aromatic nitrogens is 1. The zero-order valence-electron chi connectivity index (χ0n) is 17.4. The van der Waals surface area contributed by atoms with E-state index >= 15 is 0 Å². The largest absolute Gasteiger partial charge is 0.357 e. The molecule has 0 saturated carbocycles. The fraction of sp³-hybridized carbons (Fsp3) is 0.333. The third kappa shape index (κ3) is 3.13. The van der Waals surface area contributed by atoms with E-state index in [9.17, 15) is 0 Å². The van der Waals surface area contributed by atoms with E-state index in [2.05, 4.69) is 81.9 Å². The first-order chi connectivity index (χ1) is 14.9. The number of rotatable bonds is 4. The number of nitrogens with one attached hydrogen (secondary N) is 2. The van der Waals surface area contributed by atoms with E-state index in [1.165, 1.54) is 77.3 Å². The smallest absolute Gasteiger partial charge is 0.0469 e. The van der Waals surface area contributed by atoms with E-state index in [1.54, 1.807) is 0 Å². The molecule has 2 aliphatic rings. The molecular formula is C27H29N3. The maximum Gasteiger partial charge on any atom is 0.0469 e. The van der Waals surface area contributed by atoms with E-state index in [1.807, 2.05) is 0 Å². The van der Waals surface area contributed by atoms with Crippen LogP contribution in [0.1, 0.15) is 31.4 Å². The van der Waals surface area contributed by atoms with Crippen LogP contribution < -0.4 is 5.32 Å². The zero-order valence-corrected chi connectivity index (χ0v) is 17.4. The number of benzene rings is 3. The molecule has 3 heteroatoms. The molecule has 6 rings (SSSR count). The third-order valence-electron chi connectivity index (χ3n) is 7.14. The average molecular weight is 396 g/mol. The van der Waals surface area contributed by atoms with Gasteiger partial charge in [-0.15, -0.1) is 0 Å². The molecule has 0 aliphatic carbocycles. The maximum absolute atomic E-state index is 3.79. The highest BCUT2D eigenvalue weighted by Gasteiger charge is 2.33. The van der Waals surface area contributed by atoms with Gasteiger partial charge in [-0.2, -0.15) is 0 Å². The van der Waals surface area contributed by atoms with Gasteiger partial charge in [-0.1, -0.05) is 48.5 Å². The number of fused-ring (bicyclic) bond motifs is 2. The summed E-state index contributed by atoms with van der Waals surface area (Å²) in [6, 6.07) is 25.8. The van der Waals surface area contributed by atoms with Crippen molar-refractivity contribution in [2.75, 3.05) is 13.1 Å². The first-order valence-electron chi connectivity index (χ1n) is 11.4. The molecule has 0 radical (unpaired) electrons. The summed E-state index contributed by atoms with van der Waals surface area (Å²) in [5.41, 5.74) is 3.88. The van der Waals surface area contributed by atoms with E-state index < -0.39 is 0 Å². The summed E-state index contributed by atoms with van der Waals surface area (Å²) in [5.74, 6) is 0. The second-order valence-electron chi connectivity index (χ2n) is 8.97. The van der Waals surface area contributed by atoms with Crippen molar-refractivity contribution in [3.8, 4) is 11.3 Å². The lowest BCUT2D eigenvalue weighted by molar-refractivity contribution is 0.205. The molecule has 0 amide bonds. The van der Waals surface area contributed by atoms with Gasteiger partial charge in [-0.25, -0.2) is 0 Å². The predicted octanol–water partition coefficient (Wildman–Crippen LogP) is 5.70. The quantitative estimate of drug-likeness (QED) is 0.434. The minimum atomic E-state index is 0.684. The van der Waals surface area contributed by atoms with Crippen molar-refractivity contribution in [2.45, 2.75) is 44.3 Å². The Bertz CT molecular complexity index is 1130. The van der Waals surface area contributed by atoms with Crippen LogP contribution in [0.2, 0.25) is 0 Å². The lowest BCUT2D eigenvalue weighted by atomic mass is 9.95. The Labute approximate surface area is 178 Å². The van der Waals surface area contributed by atoms with Crippen molar-refractivity contribution in [1.82, 2.24) is 15.2 Å². The molecule has 2 saturated heterocycles. The minimum absolute atomic E-state index is 0.684. The summed E-state index contributed by atoms with van der Waals surface area (Å²) < 4.78 is 0. The molecular weight excluding hydrogens is 366 g/mol. The number of likely N-dealkylation sites (tertiary alicyclic amines) is 1.